The molecule has 0 saturated carbocycles. The van der Waals surface area contributed by atoms with Crippen LogP contribution in [-0.2, 0) is 6.54 Å². The number of aromatic nitrogens is 1. The van der Waals surface area contributed by atoms with Crippen LogP contribution in [0.5, 0.6) is 11.5 Å². The van der Waals surface area contributed by atoms with Gasteiger partial charge in [-0.25, -0.2) is 9.59 Å². The first kappa shape index (κ1) is 23.9. The molecular weight excluding hydrogens is 484 g/mol. The number of benzene rings is 2. The summed E-state index contributed by atoms with van der Waals surface area (Å²) in [7, 11) is 1.51. The average Bonchev–Trinajstić information content (AvgIpc) is 2.94. The van der Waals surface area contributed by atoms with Crippen LogP contribution in [0.4, 0.5) is 0 Å². The molecule has 0 radical (unpaired) electrons. The van der Waals surface area contributed by atoms with Crippen molar-refractivity contribution in [3.63, 3.8) is 0 Å². The predicted octanol–water partition coefficient (Wildman–Crippen LogP) is 5.40. The van der Waals surface area contributed by atoms with Crippen molar-refractivity contribution in [2.24, 2.45) is 0 Å². The summed E-state index contributed by atoms with van der Waals surface area (Å²) < 4.78 is 16.6. The molecular formula is C30H26N2O6. The van der Waals surface area contributed by atoms with Crippen LogP contribution in [0.3, 0.4) is 0 Å². The maximum Gasteiger partial charge on any atom is 0.344 e. The van der Waals surface area contributed by atoms with E-state index in [1.807, 2.05) is 18.3 Å². The van der Waals surface area contributed by atoms with Gasteiger partial charge in [-0.05, 0) is 55.3 Å². The molecule has 0 unspecified atom stereocenters. The Bertz CT molecular complexity index is 1760. The molecule has 8 heteroatoms. The first-order chi connectivity index (χ1) is 18.5. The van der Waals surface area contributed by atoms with Crippen LogP contribution in [-0.4, -0.2) is 28.6 Å². The Hall–Kier alpha value is -4.43. The second-order valence-electron chi connectivity index (χ2n) is 9.51. The van der Waals surface area contributed by atoms with Crippen LogP contribution in [0.25, 0.3) is 33.1 Å². The molecule has 1 fully saturated rings. The summed E-state index contributed by atoms with van der Waals surface area (Å²) in [6.45, 7) is 1.20. The number of nitrogens with zero attached hydrogens (tertiary/aromatic N) is 2. The Labute approximate surface area is 217 Å². The maximum absolute atomic E-state index is 13.1. The van der Waals surface area contributed by atoms with Gasteiger partial charge >= 0.3 is 11.3 Å². The zero-order chi connectivity index (χ0) is 26.2. The molecule has 6 rings (SSSR count). The molecule has 8 nitrogen and oxygen atoms in total. The van der Waals surface area contributed by atoms with Gasteiger partial charge in [-0.15, -0.1) is 0 Å². The van der Waals surface area contributed by atoms with Gasteiger partial charge < -0.3 is 18.7 Å². The molecule has 4 heterocycles. The van der Waals surface area contributed by atoms with Crippen LogP contribution in [0.2, 0.25) is 0 Å². The number of phenols is 1. The number of ether oxygens (including phenoxy) is 1. The molecule has 1 N–H and O–H groups in total. The molecule has 0 aliphatic carbocycles. The standard InChI is InChI=1S/C30H26N2O6/c1-36-26-9-4-6-18-14-22(30(35)38-28(18)26)21-15-27(34)37-29-20(21)10-11-25(33)23(29)17-32-13-3-2-8-24(32)19-7-5-12-31-16-19/h4-7,9-12,14-16,24,33H,2-3,8,13,17H2,1H3/t24-/m0/s1. The zero-order valence-corrected chi connectivity index (χ0v) is 20.8. The molecule has 1 aliphatic rings. The number of fused-ring (bicyclic) bond motifs is 2. The summed E-state index contributed by atoms with van der Waals surface area (Å²) in [6.07, 6.45) is 6.72. The summed E-state index contributed by atoms with van der Waals surface area (Å²) in [4.78, 5) is 32.4. The summed E-state index contributed by atoms with van der Waals surface area (Å²) in [5.74, 6) is 0.476. The maximum atomic E-state index is 13.1. The Morgan fingerprint density at radius 1 is 1.03 bits per heavy atom. The number of aromatic hydroxyl groups is 1. The van der Waals surface area contributed by atoms with E-state index in [2.05, 4.69) is 16.0 Å². The fraction of sp³-hybridized carbons (Fsp3) is 0.233. The second kappa shape index (κ2) is 9.79. The highest BCUT2D eigenvalue weighted by atomic mass is 16.5. The summed E-state index contributed by atoms with van der Waals surface area (Å²) in [6, 6.07) is 15.7. The smallest absolute Gasteiger partial charge is 0.344 e. The Morgan fingerprint density at radius 3 is 2.74 bits per heavy atom. The molecule has 38 heavy (non-hydrogen) atoms. The van der Waals surface area contributed by atoms with E-state index in [0.29, 0.717) is 39.8 Å². The van der Waals surface area contributed by atoms with Crippen molar-refractivity contribution in [2.45, 2.75) is 31.8 Å². The van der Waals surface area contributed by atoms with Gasteiger partial charge in [0.25, 0.3) is 0 Å². The lowest BCUT2D eigenvalue weighted by molar-refractivity contribution is 0.139. The van der Waals surface area contributed by atoms with Crippen molar-refractivity contribution in [3.05, 3.63) is 99.0 Å². The van der Waals surface area contributed by atoms with Gasteiger partial charge in [0.1, 0.15) is 11.3 Å². The lowest BCUT2D eigenvalue weighted by Gasteiger charge is -2.36. The third-order valence-electron chi connectivity index (χ3n) is 7.27. The quantitative estimate of drug-likeness (QED) is 0.313. The fourth-order valence-electron chi connectivity index (χ4n) is 5.45. The van der Waals surface area contributed by atoms with Gasteiger partial charge in [0.05, 0.1) is 18.2 Å². The number of hydrogen-bond acceptors (Lipinski definition) is 8. The number of para-hydroxylation sites is 1. The van der Waals surface area contributed by atoms with Gasteiger partial charge in [0.15, 0.2) is 11.3 Å². The van der Waals surface area contributed by atoms with Crippen LogP contribution in [0, 0.1) is 0 Å². The first-order valence-corrected chi connectivity index (χ1v) is 12.6. The number of rotatable bonds is 5. The minimum Gasteiger partial charge on any atom is -0.507 e. The summed E-state index contributed by atoms with van der Waals surface area (Å²) >= 11 is 0. The highest BCUT2D eigenvalue weighted by Crippen LogP contribution is 2.38. The summed E-state index contributed by atoms with van der Waals surface area (Å²) in [5.41, 5.74) is 1.60. The van der Waals surface area contributed by atoms with Gasteiger partial charge in [-0.2, -0.15) is 0 Å². The lowest BCUT2D eigenvalue weighted by atomic mass is 9.95. The molecule has 1 aliphatic heterocycles. The average molecular weight is 511 g/mol. The van der Waals surface area contributed by atoms with Crippen molar-refractivity contribution in [1.82, 2.24) is 9.88 Å². The molecule has 5 aromatic rings. The van der Waals surface area contributed by atoms with Crippen molar-refractivity contribution in [1.29, 1.82) is 0 Å². The third-order valence-corrected chi connectivity index (χ3v) is 7.27. The van der Waals surface area contributed by atoms with Gasteiger partial charge in [-0.1, -0.05) is 24.6 Å². The third kappa shape index (κ3) is 4.22. The Balaban J connectivity index is 1.49. The van der Waals surface area contributed by atoms with E-state index in [1.165, 1.54) is 13.2 Å². The van der Waals surface area contributed by atoms with Crippen LogP contribution < -0.4 is 16.0 Å². The minimum atomic E-state index is -0.619. The Kier molecular flexibility index (Phi) is 6.17. The van der Waals surface area contributed by atoms with E-state index in [0.717, 1.165) is 31.4 Å². The number of methoxy groups -OCH3 is 1. The zero-order valence-electron chi connectivity index (χ0n) is 20.8. The number of hydrogen-bond donors (Lipinski definition) is 1. The number of likely N-dealkylation sites (tertiary alicyclic amines) is 1. The van der Waals surface area contributed by atoms with Gasteiger partial charge in [-0.3, -0.25) is 9.88 Å². The molecule has 1 atom stereocenters. The van der Waals surface area contributed by atoms with Crippen LogP contribution in [0.15, 0.2) is 85.4 Å². The largest absolute Gasteiger partial charge is 0.507 e. The van der Waals surface area contributed by atoms with Crippen molar-refractivity contribution < 1.29 is 18.7 Å². The number of piperidine rings is 1. The Morgan fingerprint density at radius 2 is 1.92 bits per heavy atom. The molecule has 192 valence electrons. The van der Waals surface area contributed by atoms with E-state index in [4.69, 9.17) is 13.6 Å². The monoisotopic (exact) mass is 510 g/mol. The highest BCUT2D eigenvalue weighted by Gasteiger charge is 2.27. The van der Waals surface area contributed by atoms with E-state index < -0.39 is 11.3 Å². The van der Waals surface area contributed by atoms with Gasteiger partial charge in [0.2, 0.25) is 0 Å². The molecule has 0 spiro atoms. The minimum absolute atomic E-state index is 0.0311. The molecule has 0 amide bonds. The van der Waals surface area contributed by atoms with E-state index in [1.54, 1.807) is 36.5 Å². The molecule has 2 aromatic carbocycles. The van der Waals surface area contributed by atoms with Gasteiger partial charge in [0, 0.05) is 47.4 Å². The van der Waals surface area contributed by atoms with E-state index in [-0.39, 0.29) is 22.9 Å². The van der Waals surface area contributed by atoms with E-state index >= 15 is 0 Å². The lowest BCUT2D eigenvalue weighted by Crippen LogP contribution is -2.33. The first-order valence-electron chi connectivity index (χ1n) is 12.6. The highest BCUT2D eigenvalue weighted by molar-refractivity contribution is 5.97. The molecule has 1 saturated heterocycles. The van der Waals surface area contributed by atoms with Crippen LogP contribution in [0.1, 0.15) is 36.4 Å². The molecule has 0 bridgehead atoms. The fourth-order valence-corrected chi connectivity index (χ4v) is 5.45. The topological polar surface area (TPSA) is 106 Å². The molecule has 3 aromatic heterocycles. The summed E-state index contributed by atoms with van der Waals surface area (Å²) in [5, 5.41) is 12.1. The van der Waals surface area contributed by atoms with Crippen LogP contribution >= 0.6 is 0 Å². The normalized spacial score (nSPS) is 16.2. The van der Waals surface area contributed by atoms with Crippen molar-refractivity contribution in [2.75, 3.05) is 13.7 Å². The van der Waals surface area contributed by atoms with E-state index in [9.17, 15) is 14.7 Å². The van der Waals surface area contributed by atoms with Crippen molar-refractivity contribution >= 4 is 21.9 Å². The number of pyridine rings is 1. The van der Waals surface area contributed by atoms with Crippen molar-refractivity contribution in [3.8, 4) is 22.6 Å². The number of phenolic OH excluding ortho intramolecular Hbond substituents is 1. The second-order valence-corrected chi connectivity index (χ2v) is 9.51. The SMILES string of the molecule is COc1cccc2cc(-c3cc(=O)oc4c(CN5CCCC[C@H]5c5cccnc5)c(O)ccc34)c(=O)oc12. The predicted molar refractivity (Wildman–Crippen MR) is 143 cm³/mol.